The van der Waals surface area contributed by atoms with E-state index in [-0.39, 0.29) is 6.10 Å². The summed E-state index contributed by atoms with van der Waals surface area (Å²) < 4.78 is 10.9. The van der Waals surface area contributed by atoms with Gasteiger partial charge in [-0.1, -0.05) is 0 Å². The number of hydrogen-bond donors (Lipinski definition) is 4. The number of aliphatic hydroxyl groups is 4. The average Bonchev–Trinajstić information content (AvgIpc) is 2.40. The Hall–Kier alpha value is 0.110. The molecule has 0 amide bonds. The summed E-state index contributed by atoms with van der Waals surface area (Å²) >= 11 is 1.78. The van der Waals surface area contributed by atoms with Gasteiger partial charge in [0.1, 0.15) is 24.4 Å². The molecular weight excluding hydrogens is 260 g/mol. The molecule has 106 valence electrons. The summed E-state index contributed by atoms with van der Waals surface area (Å²) in [7, 11) is 0. The first-order valence-corrected chi connectivity index (χ1v) is 7.32. The molecule has 6 atom stereocenters. The highest BCUT2D eigenvalue weighted by Gasteiger charge is 2.44. The fourth-order valence-corrected chi connectivity index (χ4v) is 3.23. The lowest BCUT2D eigenvalue weighted by molar-refractivity contribution is -0.310. The van der Waals surface area contributed by atoms with Gasteiger partial charge in [0, 0.05) is 5.75 Å². The summed E-state index contributed by atoms with van der Waals surface area (Å²) in [5.41, 5.74) is 0. The maximum Gasteiger partial charge on any atom is 0.186 e. The molecule has 2 rings (SSSR count). The van der Waals surface area contributed by atoms with Crippen LogP contribution in [-0.2, 0) is 9.47 Å². The Labute approximate surface area is 110 Å². The molecule has 0 bridgehead atoms. The topological polar surface area (TPSA) is 99.4 Å². The zero-order chi connectivity index (χ0) is 13.1. The van der Waals surface area contributed by atoms with Gasteiger partial charge in [0.05, 0.1) is 12.7 Å². The third-order valence-electron chi connectivity index (χ3n) is 3.29. The van der Waals surface area contributed by atoms with Crippen molar-refractivity contribution in [2.75, 3.05) is 18.1 Å². The molecule has 2 heterocycles. The second-order valence-corrected chi connectivity index (χ2v) is 5.82. The van der Waals surface area contributed by atoms with Crippen molar-refractivity contribution in [2.45, 2.75) is 49.7 Å². The monoisotopic (exact) mass is 280 g/mol. The molecule has 0 unspecified atom stereocenters. The first-order chi connectivity index (χ1) is 8.63. The molecule has 18 heavy (non-hydrogen) atoms. The normalized spacial score (nSPS) is 46.0. The second-order valence-electron chi connectivity index (χ2n) is 4.67. The fraction of sp³-hybridized carbons (Fsp3) is 1.00. The van der Waals surface area contributed by atoms with Crippen LogP contribution < -0.4 is 0 Å². The molecule has 2 fully saturated rings. The van der Waals surface area contributed by atoms with Crippen LogP contribution >= 0.6 is 11.8 Å². The van der Waals surface area contributed by atoms with E-state index < -0.39 is 37.3 Å². The lowest BCUT2D eigenvalue weighted by Crippen LogP contribution is -2.59. The second kappa shape index (κ2) is 6.51. The Morgan fingerprint density at radius 2 is 1.94 bits per heavy atom. The largest absolute Gasteiger partial charge is 0.394 e. The van der Waals surface area contributed by atoms with Crippen LogP contribution in [0.15, 0.2) is 0 Å². The maximum absolute atomic E-state index is 9.80. The van der Waals surface area contributed by atoms with Crippen molar-refractivity contribution in [2.24, 2.45) is 0 Å². The fourth-order valence-electron chi connectivity index (χ4n) is 2.19. The molecule has 0 saturated carbocycles. The smallest absolute Gasteiger partial charge is 0.186 e. The Morgan fingerprint density at radius 1 is 1.17 bits per heavy atom. The molecule has 0 radical (unpaired) electrons. The molecule has 0 aliphatic carbocycles. The average molecular weight is 280 g/mol. The Balaban J connectivity index is 1.93. The zero-order valence-corrected chi connectivity index (χ0v) is 10.8. The van der Waals surface area contributed by atoms with Crippen molar-refractivity contribution in [1.82, 2.24) is 0 Å². The first kappa shape index (κ1) is 14.5. The molecule has 4 N–H and O–H groups in total. The Morgan fingerprint density at radius 3 is 2.56 bits per heavy atom. The third kappa shape index (κ3) is 3.16. The predicted octanol–water partition coefficient (Wildman–Crippen LogP) is -1.30. The third-order valence-corrected chi connectivity index (χ3v) is 4.48. The number of thioether (sulfide) groups is 1. The molecule has 0 aromatic heterocycles. The van der Waals surface area contributed by atoms with E-state index in [0.29, 0.717) is 0 Å². The van der Waals surface area contributed by atoms with Crippen LogP contribution in [0.1, 0.15) is 12.8 Å². The van der Waals surface area contributed by atoms with Crippen molar-refractivity contribution >= 4 is 11.8 Å². The van der Waals surface area contributed by atoms with Crippen LogP contribution in [0.2, 0.25) is 0 Å². The van der Waals surface area contributed by atoms with Gasteiger partial charge in [-0.05, 0) is 18.6 Å². The van der Waals surface area contributed by atoms with E-state index in [2.05, 4.69) is 0 Å². The Bertz CT molecular complexity index is 258. The lowest BCUT2D eigenvalue weighted by atomic mass is 9.99. The SMILES string of the molecule is OC[C@H]1O[C@@H](O[C@H]2CCCSC2)[C@H](O)[C@@H](O)[C@@H]1O. The minimum Gasteiger partial charge on any atom is -0.394 e. The highest BCUT2D eigenvalue weighted by Crippen LogP contribution is 2.26. The van der Waals surface area contributed by atoms with Crippen LogP contribution in [0.3, 0.4) is 0 Å². The van der Waals surface area contributed by atoms with Crippen molar-refractivity contribution < 1.29 is 29.9 Å². The standard InChI is InChI=1S/C11H20O6S/c12-4-7-8(13)9(14)10(15)11(17-7)16-6-2-1-3-18-5-6/h6-15H,1-5H2/t6-,7+,8+,9-,10+,11+/m0/s1. The molecule has 0 aromatic carbocycles. The summed E-state index contributed by atoms with van der Waals surface area (Å²) in [4.78, 5) is 0. The van der Waals surface area contributed by atoms with Gasteiger partial charge in [0.15, 0.2) is 6.29 Å². The summed E-state index contributed by atoms with van der Waals surface area (Å²) in [6.07, 6.45) is -3.97. The van der Waals surface area contributed by atoms with E-state index in [1.807, 2.05) is 0 Å². The van der Waals surface area contributed by atoms with E-state index >= 15 is 0 Å². The molecule has 2 aliphatic heterocycles. The minimum atomic E-state index is -1.36. The van der Waals surface area contributed by atoms with Gasteiger partial charge in [-0.25, -0.2) is 0 Å². The van der Waals surface area contributed by atoms with Gasteiger partial charge >= 0.3 is 0 Å². The Kier molecular flexibility index (Phi) is 5.25. The lowest BCUT2D eigenvalue weighted by Gasteiger charge is -2.41. The van der Waals surface area contributed by atoms with Crippen molar-refractivity contribution in [1.29, 1.82) is 0 Å². The van der Waals surface area contributed by atoms with Gasteiger partial charge in [-0.15, -0.1) is 0 Å². The summed E-state index contributed by atoms with van der Waals surface area (Å²) in [5.74, 6) is 1.93. The molecule has 6 nitrogen and oxygen atoms in total. The summed E-state index contributed by atoms with van der Waals surface area (Å²) in [6.45, 7) is -0.426. The highest BCUT2D eigenvalue weighted by atomic mass is 32.2. The van der Waals surface area contributed by atoms with E-state index in [1.165, 1.54) is 0 Å². The molecule has 7 heteroatoms. The molecular formula is C11H20O6S. The quantitative estimate of drug-likeness (QED) is 0.510. The van der Waals surface area contributed by atoms with Gasteiger partial charge in [-0.3, -0.25) is 0 Å². The van der Waals surface area contributed by atoms with Crippen LogP contribution in [0.4, 0.5) is 0 Å². The van der Waals surface area contributed by atoms with Crippen LogP contribution in [0, 0.1) is 0 Å². The van der Waals surface area contributed by atoms with Crippen molar-refractivity contribution in [3.05, 3.63) is 0 Å². The summed E-state index contributed by atoms with van der Waals surface area (Å²) in [5, 5.41) is 38.1. The van der Waals surface area contributed by atoms with E-state index in [9.17, 15) is 15.3 Å². The molecule has 2 saturated heterocycles. The number of hydrogen-bond acceptors (Lipinski definition) is 7. The van der Waals surface area contributed by atoms with E-state index in [4.69, 9.17) is 14.6 Å². The van der Waals surface area contributed by atoms with Gasteiger partial charge in [0.25, 0.3) is 0 Å². The van der Waals surface area contributed by atoms with Gasteiger partial charge in [0.2, 0.25) is 0 Å². The van der Waals surface area contributed by atoms with Gasteiger partial charge in [-0.2, -0.15) is 11.8 Å². The van der Waals surface area contributed by atoms with Gasteiger partial charge < -0.3 is 29.9 Å². The van der Waals surface area contributed by atoms with E-state index in [1.54, 1.807) is 11.8 Å². The van der Waals surface area contributed by atoms with Crippen LogP contribution in [0.5, 0.6) is 0 Å². The molecule has 0 spiro atoms. The van der Waals surface area contributed by atoms with E-state index in [0.717, 1.165) is 24.3 Å². The molecule has 2 aliphatic rings. The van der Waals surface area contributed by atoms with Crippen LogP contribution in [-0.4, -0.2) is 75.3 Å². The predicted molar refractivity (Wildman–Crippen MR) is 65.2 cm³/mol. The van der Waals surface area contributed by atoms with Crippen LogP contribution in [0.25, 0.3) is 0 Å². The minimum absolute atomic E-state index is 0.0230. The maximum atomic E-state index is 9.80. The van der Waals surface area contributed by atoms with Crippen molar-refractivity contribution in [3.63, 3.8) is 0 Å². The first-order valence-electron chi connectivity index (χ1n) is 6.17. The zero-order valence-electron chi connectivity index (χ0n) is 10.0. The van der Waals surface area contributed by atoms with Crippen molar-refractivity contribution in [3.8, 4) is 0 Å². The summed E-state index contributed by atoms with van der Waals surface area (Å²) in [6, 6.07) is 0. The highest BCUT2D eigenvalue weighted by molar-refractivity contribution is 7.99. The number of rotatable bonds is 3. The number of aliphatic hydroxyl groups excluding tert-OH is 4. The number of ether oxygens (including phenoxy) is 2. The molecule has 0 aromatic rings.